The summed E-state index contributed by atoms with van der Waals surface area (Å²) in [5.74, 6) is -0.0864. The van der Waals surface area contributed by atoms with Crippen molar-refractivity contribution in [3.05, 3.63) is 52.8 Å². The largest absolute Gasteiger partial charge is 0.441 e. The lowest BCUT2D eigenvalue weighted by molar-refractivity contribution is 0.485. The third-order valence-corrected chi connectivity index (χ3v) is 4.60. The van der Waals surface area contributed by atoms with Gasteiger partial charge in [0.1, 0.15) is 16.2 Å². The smallest absolute Gasteiger partial charge is 0.417 e. The number of H-pyrrole nitrogens is 1. The van der Waals surface area contributed by atoms with Crippen LogP contribution in [0.5, 0.6) is 5.75 Å². The number of oxazole rings is 2. The summed E-state index contributed by atoms with van der Waals surface area (Å²) in [7, 11) is -4.09. The molecule has 2 aromatic heterocycles. The van der Waals surface area contributed by atoms with Gasteiger partial charge in [-0.05, 0) is 24.3 Å². The number of nitrogens with one attached hydrogen (secondary N) is 1. The van der Waals surface area contributed by atoms with E-state index >= 15 is 0 Å². The van der Waals surface area contributed by atoms with E-state index in [0.717, 1.165) is 0 Å². The summed E-state index contributed by atoms with van der Waals surface area (Å²) in [5, 5.41) is 0. The average Bonchev–Trinajstić information content (AvgIpc) is 3.05. The monoisotopic (exact) mass is 346 g/mol. The topological polar surface area (TPSA) is 115 Å². The first kappa shape index (κ1) is 14.5. The van der Waals surface area contributed by atoms with Crippen LogP contribution in [0.2, 0.25) is 0 Å². The normalized spacial score (nSPS) is 12.0. The number of aromatic amines is 1. The number of rotatable bonds is 3. The van der Waals surface area contributed by atoms with E-state index in [1.165, 1.54) is 30.3 Å². The number of hydrogen-bond donors (Lipinski definition) is 1. The van der Waals surface area contributed by atoms with E-state index in [1.807, 2.05) is 0 Å². The fraction of sp³-hybridized carbons (Fsp3) is 0.0667. The molecule has 4 rings (SSSR count). The molecule has 122 valence electrons. The zero-order valence-electron chi connectivity index (χ0n) is 12.3. The van der Waals surface area contributed by atoms with Crippen molar-refractivity contribution >= 4 is 32.3 Å². The minimum Gasteiger partial charge on any atom is -0.441 e. The highest BCUT2D eigenvalue weighted by Gasteiger charge is 2.19. The Labute approximate surface area is 134 Å². The van der Waals surface area contributed by atoms with Gasteiger partial charge in [-0.15, -0.1) is 0 Å². The van der Waals surface area contributed by atoms with Gasteiger partial charge in [0.05, 0.1) is 5.52 Å². The predicted octanol–water partition coefficient (Wildman–Crippen LogP) is 2.34. The van der Waals surface area contributed by atoms with Crippen molar-refractivity contribution in [3.63, 3.8) is 0 Å². The molecule has 0 amide bonds. The predicted molar refractivity (Wildman–Crippen MR) is 83.4 cm³/mol. The van der Waals surface area contributed by atoms with Gasteiger partial charge in [0, 0.05) is 19.1 Å². The van der Waals surface area contributed by atoms with E-state index in [9.17, 15) is 13.2 Å². The molecule has 4 aromatic rings. The van der Waals surface area contributed by atoms with Gasteiger partial charge in [-0.3, -0.25) is 4.98 Å². The van der Waals surface area contributed by atoms with E-state index in [2.05, 4.69) is 9.97 Å². The minimum atomic E-state index is -4.09. The Morgan fingerprint density at radius 1 is 1.08 bits per heavy atom. The third kappa shape index (κ3) is 2.44. The van der Waals surface area contributed by atoms with Crippen LogP contribution in [0.25, 0.3) is 22.2 Å². The summed E-state index contributed by atoms with van der Waals surface area (Å²) < 4.78 is 40.1. The molecule has 24 heavy (non-hydrogen) atoms. The van der Waals surface area contributed by atoms with E-state index in [4.69, 9.17) is 13.0 Å². The van der Waals surface area contributed by atoms with Crippen molar-refractivity contribution in [2.45, 2.75) is 11.8 Å². The minimum absolute atomic E-state index is 0.103. The van der Waals surface area contributed by atoms with Gasteiger partial charge in [0.2, 0.25) is 0 Å². The molecule has 1 N–H and O–H groups in total. The number of aryl methyl sites for hydroxylation is 1. The van der Waals surface area contributed by atoms with Crippen LogP contribution in [0, 0.1) is 6.92 Å². The quantitative estimate of drug-likeness (QED) is 0.566. The lowest BCUT2D eigenvalue weighted by Gasteiger charge is -2.06. The Morgan fingerprint density at radius 3 is 2.75 bits per heavy atom. The number of benzene rings is 2. The highest BCUT2D eigenvalue weighted by molar-refractivity contribution is 7.87. The molecule has 9 heteroatoms. The van der Waals surface area contributed by atoms with Gasteiger partial charge in [-0.25, -0.2) is 9.78 Å². The number of nitrogens with zero attached hydrogens (tertiary/aromatic N) is 1. The SMILES string of the molecule is Cc1nc2cc(OS(=O)(=O)c3ccc4[nH]c(=O)oc4c3)ccc2o1. The molecule has 0 atom stereocenters. The molecule has 8 nitrogen and oxygen atoms in total. The first-order valence-electron chi connectivity index (χ1n) is 6.85. The molecule has 0 aliphatic carbocycles. The summed E-state index contributed by atoms with van der Waals surface area (Å²) in [6, 6.07) is 8.50. The van der Waals surface area contributed by atoms with Gasteiger partial charge < -0.3 is 13.0 Å². The van der Waals surface area contributed by atoms with Crippen LogP contribution in [0.4, 0.5) is 0 Å². The highest BCUT2D eigenvalue weighted by atomic mass is 32.2. The van der Waals surface area contributed by atoms with Crippen molar-refractivity contribution in [1.82, 2.24) is 9.97 Å². The number of fused-ring (bicyclic) bond motifs is 2. The molecular weight excluding hydrogens is 336 g/mol. The lowest BCUT2D eigenvalue weighted by atomic mass is 10.3. The molecule has 0 spiro atoms. The zero-order chi connectivity index (χ0) is 16.9. The third-order valence-electron chi connectivity index (χ3n) is 3.35. The average molecular weight is 346 g/mol. The Hall–Kier alpha value is -3.07. The van der Waals surface area contributed by atoms with Crippen LogP contribution in [-0.4, -0.2) is 18.4 Å². The van der Waals surface area contributed by atoms with Crippen molar-refractivity contribution < 1.29 is 21.4 Å². The molecule has 0 saturated carbocycles. The first-order chi connectivity index (χ1) is 11.4. The van der Waals surface area contributed by atoms with E-state index in [1.54, 1.807) is 13.0 Å². The first-order valence-corrected chi connectivity index (χ1v) is 8.26. The second-order valence-corrected chi connectivity index (χ2v) is 6.62. The maximum Gasteiger partial charge on any atom is 0.417 e. The molecule has 0 fully saturated rings. The summed E-state index contributed by atoms with van der Waals surface area (Å²) in [6.07, 6.45) is 0. The number of aromatic nitrogens is 2. The van der Waals surface area contributed by atoms with Gasteiger partial charge >= 0.3 is 15.9 Å². The maximum atomic E-state index is 12.4. The van der Waals surface area contributed by atoms with Crippen molar-refractivity contribution in [1.29, 1.82) is 0 Å². The molecule has 2 heterocycles. The fourth-order valence-corrected chi connectivity index (χ4v) is 3.27. The second kappa shape index (κ2) is 4.96. The molecule has 0 bridgehead atoms. The molecule has 2 aromatic carbocycles. The van der Waals surface area contributed by atoms with Crippen LogP contribution in [-0.2, 0) is 10.1 Å². The standard InChI is InChI=1S/C15H10N2O6S/c1-8-16-12-6-9(2-5-13(12)21-8)23-24(19,20)10-3-4-11-14(7-10)22-15(18)17-11/h2-7H,1H3,(H,17,18). The van der Waals surface area contributed by atoms with Crippen molar-refractivity contribution in [3.8, 4) is 5.75 Å². The van der Waals surface area contributed by atoms with E-state index in [-0.39, 0.29) is 16.2 Å². The van der Waals surface area contributed by atoms with Crippen molar-refractivity contribution in [2.24, 2.45) is 0 Å². The van der Waals surface area contributed by atoms with Crippen LogP contribution in [0.15, 0.2) is 54.9 Å². The summed E-state index contributed by atoms with van der Waals surface area (Å²) >= 11 is 0. The van der Waals surface area contributed by atoms with Gasteiger partial charge in [0.15, 0.2) is 17.1 Å². The summed E-state index contributed by atoms with van der Waals surface area (Å²) in [6.45, 7) is 1.69. The van der Waals surface area contributed by atoms with Crippen molar-refractivity contribution in [2.75, 3.05) is 0 Å². The van der Waals surface area contributed by atoms with Crippen LogP contribution >= 0.6 is 0 Å². The van der Waals surface area contributed by atoms with E-state index in [0.29, 0.717) is 22.5 Å². The second-order valence-electron chi connectivity index (χ2n) is 5.07. The van der Waals surface area contributed by atoms with Gasteiger partial charge in [-0.2, -0.15) is 8.42 Å². The molecule has 0 aliphatic heterocycles. The van der Waals surface area contributed by atoms with Crippen LogP contribution < -0.4 is 9.94 Å². The maximum absolute atomic E-state index is 12.4. The Kier molecular flexibility index (Phi) is 3.00. The lowest BCUT2D eigenvalue weighted by Crippen LogP contribution is -2.09. The molecule has 0 aliphatic rings. The van der Waals surface area contributed by atoms with E-state index < -0.39 is 15.9 Å². The number of hydrogen-bond acceptors (Lipinski definition) is 7. The molecular formula is C15H10N2O6S. The zero-order valence-corrected chi connectivity index (χ0v) is 13.1. The highest BCUT2D eigenvalue weighted by Crippen LogP contribution is 2.25. The summed E-state index contributed by atoms with van der Waals surface area (Å²) in [5.41, 5.74) is 1.56. The molecule has 0 radical (unpaired) electrons. The van der Waals surface area contributed by atoms with Gasteiger partial charge in [-0.1, -0.05) is 0 Å². The fourth-order valence-electron chi connectivity index (χ4n) is 2.33. The Morgan fingerprint density at radius 2 is 1.92 bits per heavy atom. The molecule has 0 unspecified atom stereocenters. The Bertz CT molecular complexity index is 1230. The Balaban J connectivity index is 1.73. The van der Waals surface area contributed by atoms with Crippen LogP contribution in [0.3, 0.4) is 0 Å². The molecule has 0 saturated heterocycles. The van der Waals surface area contributed by atoms with Crippen LogP contribution in [0.1, 0.15) is 5.89 Å². The summed E-state index contributed by atoms with van der Waals surface area (Å²) in [4.78, 5) is 17.6. The van der Waals surface area contributed by atoms with Gasteiger partial charge in [0.25, 0.3) is 0 Å².